The number of carbonyl (C=O) groups excluding carboxylic acids is 2. The van der Waals surface area contributed by atoms with Gasteiger partial charge in [0.2, 0.25) is 11.8 Å². The number of carbonyl (C=O) groups is 2. The molecule has 1 aliphatic rings. The number of fused-ring (bicyclic) bond motifs is 1. The lowest BCUT2D eigenvalue weighted by atomic mass is 10.3. The van der Waals surface area contributed by atoms with E-state index in [9.17, 15) is 26.8 Å². The van der Waals surface area contributed by atoms with Crippen molar-refractivity contribution in [2.24, 2.45) is 0 Å². The fourth-order valence-corrected chi connectivity index (χ4v) is 4.85. The lowest BCUT2D eigenvalue weighted by Gasteiger charge is -2.21. The number of thioether (sulfide) groups is 1. The van der Waals surface area contributed by atoms with Gasteiger partial charge in [0.05, 0.1) is 27.3 Å². The first-order valence-corrected chi connectivity index (χ1v) is 10.8. The monoisotopic (exact) mass is 426 g/mol. The zero-order valence-corrected chi connectivity index (χ0v) is 16.3. The SMILES string of the molecule is CC1Sc2cc(S(=O)(=O)CCC(=O)Nc3cc(F)ccc3F)ccc2NC1=O. The van der Waals surface area contributed by atoms with Gasteiger partial charge in [0.15, 0.2) is 9.84 Å². The van der Waals surface area contributed by atoms with Crippen LogP contribution in [0.15, 0.2) is 46.2 Å². The molecule has 0 spiro atoms. The van der Waals surface area contributed by atoms with Gasteiger partial charge >= 0.3 is 0 Å². The molecule has 148 valence electrons. The lowest BCUT2D eigenvalue weighted by molar-refractivity contribution is -0.116. The smallest absolute Gasteiger partial charge is 0.237 e. The van der Waals surface area contributed by atoms with Crippen molar-refractivity contribution in [1.29, 1.82) is 0 Å². The molecule has 10 heteroatoms. The first kappa shape index (κ1) is 20.3. The first-order chi connectivity index (χ1) is 13.2. The van der Waals surface area contributed by atoms with Gasteiger partial charge in [0, 0.05) is 17.4 Å². The van der Waals surface area contributed by atoms with Crippen molar-refractivity contribution >= 4 is 44.8 Å². The molecule has 0 aromatic heterocycles. The maximum Gasteiger partial charge on any atom is 0.237 e. The van der Waals surface area contributed by atoms with E-state index in [1.165, 1.54) is 30.0 Å². The number of benzene rings is 2. The van der Waals surface area contributed by atoms with Crippen LogP contribution >= 0.6 is 11.8 Å². The molecule has 3 rings (SSSR count). The Labute approximate surface area is 164 Å². The molecule has 1 atom stereocenters. The van der Waals surface area contributed by atoms with Gasteiger partial charge in [0.25, 0.3) is 0 Å². The second-order valence-electron chi connectivity index (χ2n) is 6.15. The molecule has 28 heavy (non-hydrogen) atoms. The van der Waals surface area contributed by atoms with Crippen LogP contribution in [0.5, 0.6) is 0 Å². The Morgan fingerprint density at radius 3 is 2.71 bits per heavy atom. The number of halogens is 2. The summed E-state index contributed by atoms with van der Waals surface area (Å²) in [6, 6.07) is 6.91. The normalized spacial score (nSPS) is 16.2. The van der Waals surface area contributed by atoms with Gasteiger partial charge in [-0.2, -0.15) is 0 Å². The summed E-state index contributed by atoms with van der Waals surface area (Å²) in [6.45, 7) is 1.71. The Balaban J connectivity index is 1.69. The standard InChI is InChI=1S/C18H16F2N2O4S2/c1-10-18(24)22-14-5-3-12(9-16(14)27-10)28(25,26)7-6-17(23)21-15-8-11(19)2-4-13(15)20/h2-5,8-10H,6-7H2,1H3,(H,21,23)(H,22,24). The summed E-state index contributed by atoms with van der Waals surface area (Å²) in [5.41, 5.74) is 0.184. The Bertz CT molecular complexity index is 1060. The highest BCUT2D eigenvalue weighted by Gasteiger charge is 2.25. The maximum atomic E-state index is 13.6. The van der Waals surface area contributed by atoms with Crippen molar-refractivity contribution in [3.8, 4) is 0 Å². The van der Waals surface area contributed by atoms with Crippen molar-refractivity contribution in [2.75, 3.05) is 16.4 Å². The van der Waals surface area contributed by atoms with E-state index in [4.69, 9.17) is 0 Å². The van der Waals surface area contributed by atoms with Crippen LogP contribution in [0, 0.1) is 11.6 Å². The number of anilines is 2. The molecule has 1 unspecified atom stereocenters. The molecule has 0 saturated carbocycles. The van der Waals surface area contributed by atoms with Crippen LogP contribution in [0.4, 0.5) is 20.2 Å². The molecule has 0 fully saturated rings. The number of nitrogens with one attached hydrogen (secondary N) is 2. The molecular weight excluding hydrogens is 410 g/mol. The third-order valence-electron chi connectivity index (χ3n) is 4.04. The van der Waals surface area contributed by atoms with E-state index in [0.717, 1.165) is 18.2 Å². The summed E-state index contributed by atoms with van der Waals surface area (Å²) in [5, 5.41) is 4.51. The topological polar surface area (TPSA) is 92.3 Å². The van der Waals surface area contributed by atoms with Crippen LogP contribution in [0.1, 0.15) is 13.3 Å². The Morgan fingerprint density at radius 2 is 1.96 bits per heavy atom. The Hall–Kier alpha value is -2.46. The van der Waals surface area contributed by atoms with Crippen LogP contribution in [0.3, 0.4) is 0 Å². The van der Waals surface area contributed by atoms with E-state index in [1.807, 2.05) is 0 Å². The van der Waals surface area contributed by atoms with Crippen molar-refractivity contribution < 1.29 is 26.8 Å². The third kappa shape index (κ3) is 4.50. The number of hydrogen-bond donors (Lipinski definition) is 2. The second-order valence-corrected chi connectivity index (χ2v) is 9.64. The van der Waals surface area contributed by atoms with Gasteiger partial charge in [-0.3, -0.25) is 9.59 Å². The first-order valence-electron chi connectivity index (χ1n) is 8.25. The molecular formula is C18H16F2N2O4S2. The van der Waals surface area contributed by atoms with Crippen LogP contribution in [-0.4, -0.2) is 31.2 Å². The molecule has 2 N–H and O–H groups in total. The van der Waals surface area contributed by atoms with Gasteiger partial charge in [-0.05, 0) is 37.3 Å². The number of sulfone groups is 1. The fraction of sp³-hybridized carbons (Fsp3) is 0.222. The predicted octanol–water partition coefficient (Wildman–Crippen LogP) is 3.20. The molecule has 0 bridgehead atoms. The van der Waals surface area contributed by atoms with Crippen molar-refractivity contribution in [2.45, 2.75) is 28.4 Å². The van der Waals surface area contributed by atoms with Crippen LogP contribution in [0.2, 0.25) is 0 Å². The number of hydrogen-bond acceptors (Lipinski definition) is 5. The average molecular weight is 426 g/mol. The Morgan fingerprint density at radius 1 is 1.21 bits per heavy atom. The van der Waals surface area contributed by atoms with E-state index in [0.29, 0.717) is 10.6 Å². The minimum Gasteiger partial charge on any atom is -0.324 e. The summed E-state index contributed by atoms with van der Waals surface area (Å²) < 4.78 is 51.8. The van der Waals surface area contributed by atoms with E-state index >= 15 is 0 Å². The zero-order chi connectivity index (χ0) is 20.5. The molecule has 2 amide bonds. The quantitative estimate of drug-likeness (QED) is 0.766. The minimum absolute atomic E-state index is 0.0202. The summed E-state index contributed by atoms with van der Waals surface area (Å²) in [7, 11) is -3.79. The summed E-state index contributed by atoms with van der Waals surface area (Å²) in [5.74, 6) is -2.95. The van der Waals surface area contributed by atoms with Gasteiger partial charge < -0.3 is 10.6 Å². The van der Waals surface area contributed by atoms with E-state index < -0.39 is 39.6 Å². The van der Waals surface area contributed by atoms with Gasteiger partial charge in [-0.15, -0.1) is 11.8 Å². The molecule has 6 nitrogen and oxygen atoms in total. The van der Waals surface area contributed by atoms with Gasteiger partial charge in [-0.1, -0.05) is 0 Å². The number of amides is 2. The Kier molecular flexibility index (Phi) is 5.71. The van der Waals surface area contributed by atoms with Crippen LogP contribution in [0.25, 0.3) is 0 Å². The highest BCUT2D eigenvalue weighted by Crippen LogP contribution is 2.37. The predicted molar refractivity (Wildman–Crippen MR) is 102 cm³/mol. The molecule has 1 heterocycles. The largest absolute Gasteiger partial charge is 0.324 e. The number of rotatable bonds is 5. The fourth-order valence-electron chi connectivity index (χ4n) is 2.53. The second kappa shape index (κ2) is 7.88. The molecule has 0 aliphatic carbocycles. The molecule has 0 radical (unpaired) electrons. The summed E-state index contributed by atoms with van der Waals surface area (Å²) in [6.07, 6.45) is -0.421. The van der Waals surface area contributed by atoms with Crippen LogP contribution < -0.4 is 10.6 Å². The highest BCUT2D eigenvalue weighted by molar-refractivity contribution is 8.01. The van der Waals surface area contributed by atoms with Crippen LogP contribution in [-0.2, 0) is 19.4 Å². The molecule has 0 saturated heterocycles. The van der Waals surface area contributed by atoms with Crippen molar-refractivity contribution in [1.82, 2.24) is 0 Å². The third-order valence-corrected chi connectivity index (χ3v) is 6.92. The molecule has 2 aromatic carbocycles. The molecule has 2 aromatic rings. The average Bonchev–Trinajstić information content (AvgIpc) is 2.64. The lowest BCUT2D eigenvalue weighted by Crippen LogP contribution is -2.26. The summed E-state index contributed by atoms with van der Waals surface area (Å²) in [4.78, 5) is 24.3. The molecule has 1 aliphatic heterocycles. The highest BCUT2D eigenvalue weighted by atomic mass is 32.2. The zero-order valence-electron chi connectivity index (χ0n) is 14.7. The minimum atomic E-state index is -3.79. The maximum absolute atomic E-state index is 13.6. The van der Waals surface area contributed by atoms with E-state index in [2.05, 4.69) is 10.6 Å². The van der Waals surface area contributed by atoms with E-state index in [1.54, 1.807) is 6.92 Å². The van der Waals surface area contributed by atoms with Gasteiger partial charge in [0.1, 0.15) is 11.6 Å². The van der Waals surface area contributed by atoms with E-state index in [-0.39, 0.29) is 21.7 Å². The van der Waals surface area contributed by atoms with Crippen molar-refractivity contribution in [3.63, 3.8) is 0 Å². The van der Waals surface area contributed by atoms with Crippen molar-refractivity contribution in [3.05, 3.63) is 48.0 Å². The summed E-state index contributed by atoms with van der Waals surface area (Å²) >= 11 is 1.25. The van der Waals surface area contributed by atoms with Gasteiger partial charge in [-0.25, -0.2) is 17.2 Å².